The van der Waals surface area contributed by atoms with E-state index in [2.05, 4.69) is 20.9 Å². The summed E-state index contributed by atoms with van der Waals surface area (Å²) in [6.45, 7) is 3.44. The number of sulfonamides is 1. The van der Waals surface area contributed by atoms with Gasteiger partial charge in [-0.2, -0.15) is 0 Å². The first-order chi connectivity index (χ1) is 10.1. The van der Waals surface area contributed by atoms with Crippen molar-refractivity contribution < 1.29 is 13.2 Å². The van der Waals surface area contributed by atoms with E-state index in [0.717, 1.165) is 4.47 Å². The van der Waals surface area contributed by atoms with Gasteiger partial charge in [0.2, 0.25) is 5.96 Å². The molecule has 2 aliphatic rings. The SMILES string of the molecule is O=S(=O)(c1ccc(Br)cc1)N1CCN=C1N1CCOCC1. The molecule has 0 saturated carbocycles. The molecule has 0 N–H and O–H groups in total. The highest BCUT2D eigenvalue weighted by atomic mass is 79.9. The van der Waals surface area contributed by atoms with E-state index in [4.69, 9.17) is 4.74 Å². The zero-order chi connectivity index (χ0) is 14.9. The molecule has 0 bridgehead atoms. The number of hydrogen-bond acceptors (Lipinski definition) is 5. The molecule has 2 heterocycles. The van der Waals surface area contributed by atoms with Crippen molar-refractivity contribution in [3.63, 3.8) is 0 Å². The Balaban J connectivity index is 1.87. The number of aliphatic imine (C=N–C) groups is 1. The number of ether oxygens (including phenoxy) is 1. The fourth-order valence-corrected chi connectivity index (χ4v) is 4.11. The summed E-state index contributed by atoms with van der Waals surface area (Å²) in [7, 11) is -3.55. The monoisotopic (exact) mass is 373 g/mol. The van der Waals surface area contributed by atoms with Crippen LogP contribution in [0, 0.1) is 0 Å². The molecule has 6 nitrogen and oxygen atoms in total. The molecule has 2 aliphatic heterocycles. The lowest BCUT2D eigenvalue weighted by Crippen LogP contribution is -2.49. The van der Waals surface area contributed by atoms with Crippen LogP contribution < -0.4 is 0 Å². The van der Waals surface area contributed by atoms with Crippen LogP contribution in [0.15, 0.2) is 38.6 Å². The van der Waals surface area contributed by atoms with Crippen molar-refractivity contribution in [2.75, 3.05) is 39.4 Å². The van der Waals surface area contributed by atoms with Gasteiger partial charge in [-0.05, 0) is 24.3 Å². The van der Waals surface area contributed by atoms with Gasteiger partial charge in [-0.1, -0.05) is 15.9 Å². The molecular weight excluding hydrogens is 358 g/mol. The summed E-state index contributed by atoms with van der Waals surface area (Å²) in [5.41, 5.74) is 0. The van der Waals surface area contributed by atoms with Crippen molar-refractivity contribution in [1.29, 1.82) is 0 Å². The lowest BCUT2D eigenvalue weighted by atomic mass is 10.4. The van der Waals surface area contributed by atoms with E-state index < -0.39 is 10.0 Å². The summed E-state index contributed by atoms with van der Waals surface area (Å²) in [4.78, 5) is 6.64. The minimum absolute atomic E-state index is 0.286. The van der Waals surface area contributed by atoms with Crippen LogP contribution in [0.5, 0.6) is 0 Å². The van der Waals surface area contributed by atoms with E-state index in [1.54, 1.807) is 24.3 Å². The summed E-state index contributed by atoms with van der Waals surface area (Å²) in [6.07, 6.45) is 0. The van der Waals surface area contributed by atoms with E-state index in [0.29, 0.717) is 45.4 Å². The summed E-state index contributed by atoms with van der Waals surface area (Å²) in [5.74, 6) is 0.543. The van der Waals surface area contributed by atoms with Gasteiger partial charge in [0.15, 0.2) is 0 Å². The maximum Gasteiger partial charge on any atom is 0.266 e. The van der Waals surface area contributed by atoms with Crippen molar-refractivity contribution in [3.05, 3.63) is 28.7 Å². The second kappa shape index (κ2) is 5.94. The van der Waals surface area contributed by atoms with Crippen LogP contribution in [0.1, 0.15) is 0 Å². The summed E-state index contributed by atoms with van der Waals surface area (Å²) in [5, 5.41) is 0. The quantitative estimate of drug-likeness (QED) is 0.779. The molecule has 1 aromatic rings. The molecule has 1 fully saturated rings. The molecule has 3 rings (SSSR count). The minimum Gasteiger partial charge on any atom is -0.378 e. The summed E-state index contributed by atoms with van der Waals surface area (Å²) in [6, 6.07) is 6.67. The van der Waals surface area contributed by atoms with E-state index in [-0.39, 0.29) is 4.90 Å². The van der Waals surface area contributed by atoms with Gasteiger partial charge in [-0.3, -0.25) is 4.99 Å². The Morgan fingerprint density at radius 2 is 1.76 bits per heavy atom. The van der Waals surface area contributed by atoms with E-state index >= 15 is 0 Å². The van der Waals surface area contributed by atoms with Gasteiger partial charge in [0.05, 0.1) is 31.2 Å². The first kappa shape index (κ1) is 14.8. The molecular formula is C13H16BrN3O3S. The fourth-order valence-electron chi connectivity index (χ4n) is 2.40. The van der Waals surface area contributed by atoms with Crippen LogP contribution in [0.3, 0.4) is 0 Å². The van der Waals surface area contributed by atoms with Gasteiger partial charge in [-0.15, -0.1) is 0 Å². The topological polar surface area (TPSA) is 62.2 Å². The third-order valence-corrected chi connectivity index (χ3v) is 5.80. The molecule has 0 spiro atoms. The van der Waals surface area contributed by atoms with Crippen molar-refractivity contribution in [1.82, 2.24) is 9.21 Å². The van der Waals surface area contributed by atoms with E-state index in [9.17, 15) is 8.42 Å². The number of hydrogen-bond donors (Lipinski definition) is 0. The van der Waals surface area contributed by atoms with Gasteiger partial charge >= 0.3 is 0 Å². The molecule has 114 valence electrons. The first-order valence-electron chi connectivity index (χ1n) is 6.74. The Bertz CT molecular complexity index is 639. The molecule has 0 unspecified atom stereocenters. The van der Waals surface area contributed by atoms with Crippen LogP contribution in [0.2, 0.25) is 0 Å². The Morgan fingerprint density at radius 1 is 1.10 bits per heavy atom. The maximum absolute atomic E-state index is 12.8. The maximum atomic E-state index is 12.8. The second-order valence-electron chi connectivity index (χ2n) is 4.81. The highest BCUT2D eigenvalue weighted by molar-refractivity contribution is 9.10. The largest absolute Gasteiger partial charge is 0.378 e. The third kappa shape index (κ3) is 2.93. The molecule has 0 atom stereocenters. The predicted octanol–water partition coefficient (Wildman–Crippen LogP) is 1.14. The van der Waals surface area contributed by atoms with Crippen LogP contribution >= 0.6 is 15.9 Å². The minimum atomic E-state index is -3.55. The molecule has 1 aromatic carbocycles. The highest BCUT2D eigenvalue weighted by Crippen LogP contribution is 2.22. The number of halogens is 1. The average molecular weight is 374 g/mol. The van der Waals surface area contributed by atoms with Crippen molar-refractivity contribution in [2.45, 2.75) is 4.90 Å². The Morgan fingerprint density at radius 3 is 2.43 bits per heavy atom. The molecule has 1 saturated heterocycles. The number of guanidine groups is 1. The standard InChI is InChI=1S/C13H16BrN3O3S/c14-11-1-3-12(4-2-11)21(18,19)17-6-5-15-13(17)16-7-9-20-10-8-16/h1-4H,5-10H2. The number of rotatable bonds is 2. The number of morpholine rings is 1. The molecule has 0 aromatic heterocycles. The lowest BCUT2D eigenvalue weighted by molar-refractivity contribution is 0.0652. The summed E-state index contributed by atoms with van der Waals surface area (Å²) < 4.78 is 33.1. The van der Waals surface area contributed by atoms with Gasteiger partial charge in [0.25, 0.3) is 10.0 Å². The van der Waals surface area contributed by atoms with E-state index in [1.165, 1.54) is 4.31 Å². The van der Waals surface area contributed by atoms with E-state index in [1.807, 2.05) is 4.90 Å². The average Bonchev–Trinajstić information content (AvgIpc) is 2.99. The Kier molecular flexibility index (Phi) is 4.19. The van der Waals surface area contributed by atoms with Gasteiger partial charge in [-0.25, -0.2) is 12.7 Å². The smallest absolute Gasteiger partial charge is 0.266 e. The molecule has 8 heteroatoms. The Hall–Kier alpha value is -1.12. The van der Waals surface area contributed by atoms with Crippen molar-refractivity contribution >= 4 is 31.9 Å². The molecule has 0 amide bonds. The number of nitrogens with zero attached hydrogens (tertiary/aromatic N) is 3. The second-order valence-corrected chi connectivity index (χ2v) is 7.59. The number of benzene rings is 1. The zero-order valence-corrected chi connectivity index (χ0v) is 13.8. The van der Waals surface area contributed by atoms with Gasteiger partial charge in [0, 0.05) is 17.6 Å². The zero-order valence-electron chi connectivity index (χ0n) is 11.4. The molecule has 21 heavy (non-hydrogen) atoms. The van der Waals surface area contributed by atoms with Gasteiger partial charge in [0.1, 0.15) is 0 Å². The fraction of sp³-hybridized carbons (Fsp3) is 0.462. The van der Waals surface area contributed by atoms with Crippen LogP contribution in [-0.2, 0) is 14.8 Å². The van der Waals surface area contributed by atoms with Crippen LogP contribution in [0.25, 0.3) is 0 Å². The normalized spacial score (nSPS) is 19.8. The Labute approximate surface area is 132 Å². The van der Waals surface area contributed by atoms with Crippen LogP contribution in [0.4, 0.5) is 0 Å². The van der Waals surface area contributed by atoms with Crippen molar-refractivity contribution in [3.8, 4) is 0 Å². The third-order valence-electron chi connectivity index (χ3n) is 3.47. The van der Waals surface area contributed by atoms with Gasteiger partial charge < -0.3 is 9.64 Å². The predicted molar refractivity (Wildman–Crippen MR) is 82.7 cm³/mol. The summed E-state index contributed by atoms with van der Waals surface area (Å²) >= 11 is 3.32. The first-order valence-corrected chi connectivity index (χ1v) is 8.98. The van der Waals surface area contributed by atoms with Crippen molar-refractivity contribution in [2.24, 2.45) is 4.99 Å². The molecule has 0 aliphatic carbocycles. The molecule has 0 radical (unpaired) electrons. The van der Waals surface area contributed by atoms with Crippen LogP contribution in [-0.4, -0.2) is 63.0 Å². The highest BCUT2D eigenvalue weighted by Gasteiger charge is 2.34. The lowest BCUT2D eigenvalue weighted by Gasteiger charge is -2.32.